The number of benzene rings is 3. The van der Waals surface area contributed by atoms with Crippen molar-refractivity contribution in [2.45, 2.75) is 0 Å². The highest BCUT2D eigenvalue weighted by Gasteiger charge is 2.12. The molecule has 0 aliphatic rings. The molecule has 4 rings (SSSR count). The van der Waals surface area contributed by atoms with Crippen molar-refractivity contribution in [2.24, 2.45) is 5.10 Å². The first-order valence-electron chi connectivity index (χ1n) is 9.11. The van der Waals surface area contributed by atoms with Gasteiger partial charge in [-0.15, -0.1) is 0 Å². The lowest BCUT2D eigenvalue weighted by Gasteiger charge is -2.06. The highest BCUT2D eigenvalue weighted by molar-refractivity contribution is 6.37. The van der Waals surface area contributed by atoms with E-state index >= 15 is 0 Å². The van der Waals surface area contributed by atoms with Gasteiger partial charge in [-0.2, -0.15) is 5.10 Å². The second kappa shape index (κ2) is 8.67. The summed E-state index contributed by atoms with van der Waals surface area (Å²) in [6, 6.07) is 15.2. The van der Waals surface area contributed by atoms with Gasteiger partial charge in [0.05, 0.1) is 40.0 Å². The third-order valence-electron chi connectivity index (χ3n) is 4.51. The summed E-state index contributed by atoms with van der Waals surface area (Å²) in [6.45, 7) is 0. The van der Waals surface area contributed by atoms with Crippen LogP contribution in [0.25, 0.3) is 22.4 Å². The topological polar surface area (TPSA) is 99.6 Å². The van der Waals surface area contributed by atoms with Crippen LogP contribution in [0.3, 0.4) is 0 Å². The summed E-state index contributed by atoms with van der Waals surface area (Å²) in [7, 11) is 1.48. The van der Waals surface area contributed by atoms with E-state index in [0.29, 0.717) is 49.3 Å². The zero-order valence-electron chi connectivity index (χ0n) is 16.2. The largest absolute Gasteiger partial charge is 0.507 e. The zero-order valence-corrected chi connectivity index (χ0v) is 17.7. The maximum absolute atomic E-state index is 12.5. The molecule has 0 saturated heterocycles. The lowest BCUT2D eigenvalue weighted by atomic mass is 10.2. The van der Waals surface area contributed by atoms with Crippen LogP contribution in [0.4, 0.5) is 0 Å². The fourth-order valence-electron chi connectivity index (χ4n) is 3.03. The molecule has 156 valence electrons. The Balaban J connectivity index is 1.52. The summed E-state index contributed by atoms with van der Waals surface area (Å²) in [5, 5.41) is 14.7. The fourth-order valence-corrected chi connectivity index (χ4v) is 3.69. The van der Waals surface area contributed by atoms with E-state index in [1.165, 1.54) is 13.3 Å². The Labute approximate surface area is 187 Å². The number of hydrogen-bond donors (Lipinski definition) is 3. The molecule has 1 aromatic heterocycles. The molecule has 0 saturated carbocycles. The van der Waals surface area contributed by atoms with Crippen molar-refractivity contribution in [3.05, 3.63) is 75.8 Å². The second-order valence-electron chi connectivity index (χ2n) is 6.55. The summed E-state index contributed by atoms with van der Waals surface area (Å²) < 4.78 is 5.10. The van der Waals surface area contributed by atoms with Crippen molar-refractivity contribution >= 4 is 46.4 Å². The smallest absolute Gasteiger partial charge is 0.271 e. The summed E-state index contributed by atoms with van der Waals surface area (Å²) in [4.78, 5) is 20.1. The Kier molecular flexibility index (Phi) is 5.79. The zero-order chi connectivity index (χ0) is 22.0. The molecule has 0 fully saturated rings. The van der Waals surface area contributed by atoms with Crippen molar-refractivity contribution in [1.82, 2.24) is 15.4 Å². The quantitative estimate of drug-likeness (QED) is 0.291. The molecule has 1 amide bonds. The number of nitrogens with one attached hydrogen (secondary N) is 2. The molecule has 0 radical (unpaired) electrons. The summed E-state index contributed by atoms with van der Waals surface area (Å²) in [5.41, 5.74) is 5.36. The molecule has 7 nitrogen and oxygen atoms in total. The van der Waals surface area contributed by atoms with E-state index in [1.54, 1.807) is 48.5 Å². The average Bonchev–Trinajstić information content (AvgIpc) is 3.17. The SMILES string of the molecule is COc1c(Cl)cc(/C=N/NC(=O)c2ccc3nc(-c4ccccc4O)[nH]c3c2)cc1Cl. The monoisotopic (exact) mass is 454 g/mol. The van der Waals surface area contributed by atoms with Crippen molar-refractivity contribution in [3.63, 3.8) is 0 Å². The van der Waals surface area contributed by atoms with Gasteiger partial charge in [-0.3, -0.25) is 4.79 Å². The number of amides is 1. The van der Waals surface area contributed by atoms with Crippen LogP contribution in [0.1, 0.15) is 15.9 Å². The Morgan fingerprint density at radius 2 is 1.90 bits per heavy atom. The van der Waals surface area contributed by atoms with E-state index in [4.69, 9.17) is 27.9 Å². The molecule has 0 unspecified atom stereocenters. The van der Waals surface area contributed by atoms with Crippen LogP contribution in [-0.4, -0.2) is 34.3 Å². The normalized spacial score (nSPS) is 11.2. The van der Waals surface area contributed by atoms with Gasteiger partial charge in [-0.25, -0.2) is 10.4 Å². The van der Waals surface area contributed by atoms with Crippen molar-refractivity contribution in [2.75, 3.05) is 7.11 Å². The number of fused-ring (bicyclic) bond motifs is 1. The Bertz CT molecular complexity index is 1290. The van der Waals surface area contributed by atoms with Crippen LogP contribution < -0.4 is 10.2 Å². The van der Waals surface area contributed by atoms with Gasteiger partial charge < -0.3 is 14.8 Å². The van der Waals surface area contributed by atoms with E-state index in [1.807, 2.05) is 6.07 Å². The third-order valence-corrected chi connectivity index (χ3v) is 5.07. The molecule has 1 heterocycles. The van der Waals surface area contributed by atoms with Crippen molar-refractivity contribution < 1.29 is 14.6 Å². The molecule has 0 aliphatic heterocycles. The predicted octanol–water partition coefficient (Wildman–Crippen LogP) is 5.01. The molecule has 0 aliphatic carbocycles. The number of halogens is 2. The minimum atomic E-state index is -0.400. The number of aromatic nitrogens is 2. The number of nitrogens with zero attached hydrogens (tertiary/aromatic N) is 2. The molecular weight excluding hydrogens is 439 g/mol. The van der Waals surface area contributed by atoms with Crippen LogP contribution in [0.5, 0.6) is 11.5 Å². The lowest BCUT2D eigenvalue weighted by Crippen LogP contribution is -2.17. The van der Waals surface area contributed by atoms with Gasteiger partial charge in [0.1, 0.15) is 11.6 Å². The molecule has 31 heavy (non-hydrogen) atoms. The van der Waals surface area contributed by atoms with E-state index in [9.17, 15) is 9.90 Å². The molecule has 0 bridgehead atoms. The Morgan fingerprint density at radius 1 is 1.16 bits per heavy atom. The Hall–Kier alpha value is -3.55. The summed E-state index contributed by atoms with van der Waals surface area (Å²) >= 11 is 12.2. The number of aromatic hydroxyl groups is 1. The molecule has 9 heteroatoms. The second-order valence-corrected chi connectivity index (χ2v) is 7.37. The van der Waals surface area contributed by atoms with Gasteiger partial charge in [-0.05, 0) is 48.0 Å². The number of aromatic amines is 1. The van der Waals surface area contributed by atoms with Crippen molar-refractivity contribution in [3.8, 4) is 22.9 Å². The van der Waals surface area contributed by atoms with E-state index in [2.05, 4.69) is 20.5 Å². The highest BCUT2D eigenvalue weighted by Crippen LogP contribution is 2.33. The van der Waals surface area contributed by atoms with E-state index < -0.39 is 5.91 Å². The number of carbonyl (C=O) groups is 1. The van der Waals surface area contributed by atoms with Gasteiger partial charge >= 0.3 is 0 Å². The van der Waals surface area contributed by atoms with Gasteiger partial charge in [0, 0.05) is 5.56 Å². The van der Waals surface area contributed by atoms with Crippen LogP contribution in [0, 0.1) is 0 Å². The van der Waals surface area contributed by atoms with E-state index in [0.717, 1.165) is 0 Å². The van der Waals surface area contributed by atoms with Gasteiger partial charge in [-0.1, -0.05) is 35.3 Å². The average molecular weight is 455 g/mol. The number of H-pyrrole nitrogens is 1. The fraction of sp³-hybridized carbons (Fsp3) is 0.0455. The van der Waals surface area contributed by atoms with Crippen LogP contribution in [0.15, 0.2) is 59.7 Å². The number of methoxy groups -OCH3 is 1. The number of carbonyl (C=O) groups excluding carboxylic acids is 1. The number of hydrogen-bond acceptors (Lipinski definition) is 5. The predicted molar refractivity (Wildman–Crippen MR) is 121 cm³/mol. The number of rotatable bonds is 5. The lowest BCUT2D eigenvalue weighted by molar-refractivity contribution is 0.0955. The highest BCUT2D eigenvalue weighted by atomic mass is 35.5. The van der Waals surface area contributed by atoms with Crippen molar-refractivity contribution in [1.29, 1.82) is 0 Å². The minimum absolute atomic E-state index is 0.118. The van der Waals surface area contributed by atoms with Crippen LogP contribution >= 0.6 is 23.2 Å². The number of phenolic OH excluding ortho intramolecular Hbond substituents is 1. The number of imidazole rings is 1. The summed E-state index contributed by atoms with van der Waals surface area (Å²) in [5.74, 6) is 0.604. The molecular formula is C22H16Cl2N4O3. The first-order valence-corrected chi connectivity index (χ1v) is 9.86. The molecule has 3 aromatic carbocycles. The standard InChI is InChI=1S/C22H16Cl2N4O3/c1-31-20-15(23)8-12(9-16(20)24)11-25-28-22(30)13-6-7-17-18(10-13)27-21(26-17)14-4-2-3-5-19(14)29/h2-11,29H,1H3,(H,26,27)(H,28,30)/b25-11+. The van der Waals surface area contributed by atoms with Gasteiger partial charge in [0.25, 0.3) is 5.91 Å². The minimum Gasteiger partial charge on any atom is -0.507 e. The maximum atomic E-state index is 12.5. The third kappa shape index (κ3) is 4.33. The molecule has 4 aromatic rings. The first-order chi connectivity index (χ1) is 15.0. The molecule has 0 atom stereocenters. The van der Waals surface area contributed by atoms with Crippen LogP contribution in [0.2, 0.25) is 10.0 Å². The first kappa shape index (κ1) is 20.7. The molecule has 0 spiro atoms. The summed E-state index contributed by atoms with van der Waals surface area (Å²) in [6.07, 6.45) is 1.43. The number of ether oxygens (including phenoxy) is 1. The van der Waals surface area contributed by atoms with E-state index in [-0.39, 0.29) is 5.75 Å². The maximum Gasteiger partial charge on any atom is 0.271 e. The Morgan fingerprint density at radius 3 is 2.61 bits per heavy atom. The molecule has 3 N–H and O–H groups in total. The number of para-hydroxylation sites is 1. The number of hydrazone groups is 1. The van der Waals surface area contributed by atoms with Gasteiger partial charge in [0.2, 0.25) is 0 Å². The van der Waals surface area contributed by atoms with Crippen LogP contribution in [-0.2, 0) is 0 Å². The number of phenols is 1. The van der Waals surface area contributed by atoms with Gasteiger partial charge in [0.15, 0.2) is 5.75 Å².